The highest BCUT2D eigenvalue weighted by atomic mass is 79.9. The number of halogens is 1. The number of benzene rings is 1. The topological polar surface area (TPSA) is 29.1 Å². The van der Waals surface area contributed by atoms with Crippen molar-refractivity contribution < 1.29 is 4.79 Å². The smallest absolute Gasteiger partial charge is 0.228 e. The van der Waals surface area contributed by atoms with Crippen LogP contribution in [0.4, 0.5) is 5.69 Å². The molecule has 0 unspecified atom stereocenters. The van der Waals surface area contributed by atoms with E-state index in [1.165, 1.54) is 0 Å². The van der Waals surface area contributed by atoms with Gasteiger partial charge in [-0.15, -0.1) is 0 Å². The summed E-state index contributed by atoms with van der Waals surface area (Å²) in [7, 11) is 0. The molecule has 15 heavy (non-hydrogen) atoms. The first-order valence-electron chi connectivity index (χ1n) is 4.76. The predicted octanol–water partition coefficient (Wildman–Crippen LogP) is 3.74. The van der Waals surface area contributed by atoms with E-state index in [0.29, 0.717) is 6.42 Å². The summed E-state index contributed by atoms with van der Waals surface area (Å²) in [6, 6.07) is 7.53. The number of anilines is 1. The molecule has 0 aliphatic carbocycles. The molecular weight excluding hydrogens is 254 g/mol. The van der Waals surface area contributed by atoms with Gasteiger partial charge in [0.1, 0.15) is 0 Å². The molecule has 0 spiro atoms. The molecule has 0 atom stereocenters. The van der Waals surface area contributed by atoms with E-state index < -0.39 is 0 Å². The minimum Gasteiger partial charge on any atom is -0.326 e. The molecule has 0 bridgehead atoms. The van der Waals surface area contributed by atoms with Crippen molar-refractivity contribution in [3.05, 3.63) is 40.4 Å². The van der Waals surface area contributed by atoms with Crippen LogP contribution in [0.5, 0.6) is 0 Å². The van der Waals surface area contributed by atoms with Crippen molar-refractivity contribution in [2.45, 2.75) is 20.3 Å². The second kappa shape index (κ2) is 5.71. The minimum absolute atomic E-state index is 0.0125. The number of hydrogen-bond donors (Lipinski definition) is 1. The van der Waals surface area contributed by atoms with E-state index in [-0.39, 0.29) is 5.91 Å². The van der Waals surface area contributed by atoms with Crippen LogP contribution in [0.25, 0.3) is 0 Å². The van der Waals surface area contributed by atoms with Crippen LogP contribution in [-0.4, -0.2) is 5.91 Å². The molecular formula is C12H14BrNO. The third kappa shape index (κ3) is 4.79. The molecule has 1 N–H and O–H groups in total. The highest BCUT2D eigenvalue weighted by molar-refractivity contribution is 9.10. The zero-order valence-electron chi connectivity index (χ0n) is 8.88. The van der Waals surface area contributed by atoms with Crippen LogP contribution in [0.15, 0.2) is 40.4 Å². The molecule has 0 aliphatic rings. The van der Waals surface area contributed by atoms with Gasteiger partial charge in [0.05, 0.1) is 0 Å². The number of carbonyl (C=O) groups excluding carboxylic acids is 1. The average molecular weight is 268 g/mol. The van der Waals surface area contributed by atoms with E-state index in [9.17, 15) is 4.79 Å². The standard InChI is InChI=1S/C12H14BrNO/c1-9(2)3-8-12(15)14-11-6-4-10(13)5-7-11/h3-7H,8H2,1-2H3,(H,14,15). The van der Waals surface area contributed by atoms with E-state index in [1.807, 2.05) is 44.2 Å². The fourth-order valence-electron chi connectivity index (χ4n) is 1.04. The molecule has 80 valence electrons. The lowest BCUT2D eigenvalue weighted by Gasteiger charge is -2.03. The van der Waals surface area contributed by atoms with Gasteiger partial charge in [0.15, 0.2) is 0 Å². The van der Waals surface area contributed by atoms with E-state index in [2.05, 4.69) is 21.2 Å². The Kier molecular flexibility index (Phi) is 4.56. The quantitative estimate of drug-likeness (QED) is 0.831. The Morgan fingerprint density at radius 3 is 2.47 bits per heavy atom. The Morgan fingerprint density at radius 1 is 1.33 bits per heavy atom. The van der Waals surface area contributed by atoms with Crippen molar-refractivity contribution in [2.24, 2.45) is 0 Å². The molecule has 0 heterocycles. The Labute approximate surface area is 98.5 Å². The fraction of sp³-hybridized carbons (Fsp3) is 0.250. The summed E-state index contributed by atoms with van der Waals surface area (Å²) < 4.78 is 1.00. The lowest BCUT2D eigenvalue weighted by Crippen LogP contribution is -2.09. The van der Waals surface area contributed by atoms with Gasteiger partial charge in [0.25, 0.3) is 0 Å². The van der Waals surface area contributed by atoms with Gasteiger partial charge in [0, 0.05) is 16.6 Å². The maximum absolute atomic E-state index is 11.4. The highest BCUT2D eigenvalue weighted by Crippen LogP contribution is 2.14. The number of nitrogens with one attached hydrogen (secondary N) is 1. The average Bonchev–Trinajstić information content (AvgIpc) is 2.19. The van der Waals surface area contributed by atoms with Crippen LogP contribution in [0, 0.1) is 0 Å². The van der Waals surface area contributed by atoms with Crippen molar-refractivity contribution in [3.63, 3.8) is 0 Å². The lowest BCUT2D eigenvalue weighted by atomic mass is 10.2. The van der Waals surface area contributed by atoms with Gasteiger partial charge in [-0.25, -0.2) is 0 Å². The molecule has 0 aromatic heterocycles. The summed E-state index contributed by atoms with van der Waals surface area (Å²) in [5, 5.41) is 2.82. The van der Waals surface area contributed by atoms with Gasteiger partial charge < -0.3 is 5.32 Å². The van der Waals surface area contributed by atoms with Gasteiger partial charge in [-0.05, 0) is 38.1 Å². The van der Waals surface area contributed by atoms with Crippen LogP contribution >= 0.6 is 15.9 Å². The summed E-state index contributed by atoms with van der Waals surface area (Å²) in [5.74, 6) is 0.0125. The number of rotatable bonds is 3. The Morgan fingerprint density at radius 2 is 1.93 bits per heavy atom. The molecule has 0 aliphatic heterocycles. The maximum Gasteiger partial charge on any atom is 0.228 e. The van der Waals surface area contributed by atoms with Crippen molar-refractivity contribution in [1.29, 1.82) is 0 Å². The summed E-state index contributed by atoms with van der Waals surface area (Å²) in [4.78, 5) is 11.4. The Bertz CT molecular complexity index is 364. The highest BCUT2D eigenvalue weighted by Gasteiger charge is 1.99. The molecule has 0 radical (unpaired) electrons. The first-order chi connectivity index (χ1) is 7.08. The zero-order chi connectivity index (χ0) is 11.3. The predicted molar refractivity (Wildman–Crippen MR) is 66.8 cm³/mol. The third-order valence-corrected chi connectivity index (χ3v) is 2.35. The van der Waals surface area contributed by atoms with Crippen LogP contribution in [0.2, 0.25) is 0 Å². The second-order valence-electron chi connectivity index (χ2n) is 3.54. The SMILES string of the molecule is CC(C)=CCC(=O)Nc1ccc(Br)cc1. The zero-order valence-corrected chi connectivity index (χ0v) is 10.5. The molecule has 2 nitrogen and oxygen atoms in total. The third-order valence-electron chi connectivity index (χ3n) is 1.82. The monoisotopic (exact) mass is 267 g/mol. The van der Waals surface area contributed by atoms with Gasteiger partial charge in [-0.3, -0.25) is 4.79 Å². The maximum atomic E-state index is 11.4. The van der Waals surface area contributed by atoms with Crippen molar-refractivity contribution in [1.82, 2.24) is 0 Å². The molecule has 0 saturated carbocycles. The van der Waals surface area contributed by atoms with E-state index in [0.717, 1.165) is 15.7 Å². The molecule has 3 heteroatoms. The van der Waals surface area contributed by atoms with Crippen molar-refractivity contribution in [3.8, 4) is 0 Å². The number of carbonyl (C=O) groups is 1. The van der Waals surface area contributed by atoms with E-state index in [1.54, 1.807) is 0 Å². The van der Waals surface area contributed by atoms with Gasteiger partial charge in [0.2, 0.25) is 5.91 Å². The van der Waals surface area contributed by atoms with Crippen LogP contribution in [-0.2, 0) is 4.79 Å². The number of hydrogen-bond acceptors (Lipinski definition) is 1. The summed E-state index contributed by atoms with van der Waals surface area (Å²) in [6.07, 6.45) is 2.34. The molecule has 1 aromatic rings. The van der Waals surface area contributed by atoms with Gasteiger partial charge in [-0.2, -0.15) is 0 Å². The number of amides is 1. The second-order valence-corrected chi connectivity index (χ2v) is 4.46. The van der Waals surface area contributed by atoms with Gasteiger partial charge in [-0.1, -0.05) is 27.6 Å². The normalized spacial score (nSPS) is 9.53. The van der Waals surface area contributed by atoms with Crippen LogP contribution in [0.3, 0.4) is 0 Å². The van der Waals surface area contributed by atoms with Gasteiger partial charge >= 0.3 is 0 Å². The van der Waals surface area contributed by atoms with E-state index in [4.69, 9.17) is 0 Å². The van der Waals surface area contributed by atoms with E-state index >= 15 is 0 Å². The first kappa shape index (κ1) is 12.0. The molecule has 1 rings (SSSR count). The van der Waals surface area contributed by atoms with Crippen molar-refractivity contribution in [2.75, 3.05) is 5.32 Å². The molecule has 0 saturated heterocycles. The van der Waals surface area contributed by atoms with Crippen LogP contribution < -0.4 is 5.32 Å². The Hall–Kier alpha value is -1.09. The summed E-state index contributed by atoms with van der Waals surface area (Å²) in [5.41, 5.74) is 1.98. The lowest BCUT2D eigenvalue weighted by molar-refractivity contribution is -0.115. The fourth-order valence-corrected chi connectivity index (χ4v) is 1.31. The molecule has 1 amide bonds. The van der Waals surface area contributed by atoms with Crippen LogP contribution in [0.1, 0.15) is 20.3 Å². The summed E-state index contributed by atoms with van der Waals surface area (Å²) >= 11 is 3.34. The number of allylic oxidation sites excluding steroid dienone is 1. The Balaban J connectivity index is 2.51. The van der Waals surface area contributed by atoms with Crippen molar-refractivity contribution >= 4 is 27.5 Å². The summed E-state index contributed by atoms with van der Waals surface area (Å²) in [6.45, 7) is 3.96. The minimum atomic E-state index is 0.0125. The molecule has 0 fully saturated rings. The molecule has 1 aromatic carbocycles. The largest absolute Gasteiger partial charge is 0.326 e. The first-order valence-corrected chi connectivity index (χ1v) is 5.56.